The third-order valence-electron chi connectivity index (χ3n) is 5.21. The molecule has 21 heavy (non-hydrogen) atoms. The van der Waals surface area contributed by atoms with Crippen LogP contribution in [0, 0.1) is 5.92 Å². The average molecular weight is 354 g/mol. The number of hydrogen-bond donors (Lipinski definition) is 2. The quantitative estimate of drug-likeness (QED) is 0.630. The summed E-state index contributed by atoms with van der Waals surface area (Å²) in [6.07, 6.45) is 5.96. The van der Waals surface area contributed by atoms with E-state index in [2.05, 4.69) is 71.5 Å². The summed E-state index contributed by atoms with van der Waals surface area (Å²) < 4.78 is 1.13. The van der Waals surface area contributed by atoms with Crippen molar-refractivity contribution >= 4 is 15.9 Å². The standard InChI is InChI=1S/C17H28BrN3/c1-13-7-9-17(10-8-13,21(2)3)16(20-19)12-14-5-4-6-15(18)11-14/h4-6,11,13,16,20H,7-10,12,19H2,1-3H3. The second-order valence-electron chi connectivity index (χ2n) is 6.73. The second-order valence-corrected chi connectivity index (χ2v) is 7.65. The molecule has 0 saturated heterocycles. The van der Waals surface area contributed by atoms with Gasteiger partial charge in [-0.25, -0.2) is 0 Å². The zero-order chi connectivity index (χ0) is 15.5. The van der Waals surface area contributed by atoms with E-state index in [0.717, 1.165) is 16.8 Å². The van der Waals surface area contributed by atoms with Crippen molar-refractivity contribution in [1.29, 1.82) is 0 Å². The second kappa shape index (κ2) is 7.23. The molecule has 0 amide bonds. The molecule has 1 fully saturated rings. The molecule has 1 atom stereocenters. The molecule has 1 aromatic carbocycles. The van der Waals surface area contributed by atoms with E-state index >= 15 is 0 Å². The molecule has 0 radical (unpaired) electrons. The smallest absolute Gasteiger partial charge is 0.0434 e. The zero-order valence-corrected chi connectivity index (χ0v) is 15.0. The molecule has 118 valence electrons. The average Bonchev–Trinajstić information content (AvgIpc) is 2.46. The zero-order valence-electron chi connectivity index (χ0n) is 13.4. The Morgan fingerprint density at radius 1 is 1.38 bits per heavy atom. The van der Waals surface area contributed by atoms with E-state index in [1.165, 1.54) is 31.2 Å². The fourth-order valence-corrected chi connectivity index (χ4v) is 4.12. The van der Waals surface area contributed by atoms with Crippen LogP contribution in [0.4, 0.5) is 0 Å². The summed E-state index contributed by atoms with van der Waals surface area (Å²) in [7, 11) is 4.39. The van der Waals surface area contributed by atoms with E-state index in [4.69, 9.17) is 5.84 Å². The first kappa shape index (κ1) is 16.9. The lowest BCUT2D eigenvalue weighted by molar-refractivity contribution is 0.0434. The van der Waals surface area contributed by atoms with Crippen LogP contribution in [0.15, 0.2) is 28.7 Å². The SMILES string of the molecule is CC1CCC(C(Cc2cccc(Br)c2)NN)(N(C)C)CC1. The number of nitrogens with zero attached hydrogens (tertiary/aromatic N) is 1. The van der Waals surface area contributed by atoms with Crippen LogP contribution in [-0.4, -0.2) is 30.6 Å². The lowest BCUT2D eigenvalue weighted by Crippen LogP contribution is -2.62. The molecular weight excluding hydrogens is 326 g/mol. The van der Waals surface area contributed by atoms with Gasteiger partial charge in [-0.15, -0.1) is 0 Å². The number of benzene rings is 1. The molecule has 0 heterocycles. The van der Waals surface area contributed by atoms with Crippen molar-refractivity contribution in [3.8, 4) is 0 Å². The Labute approximate surface area is 137 Å². The normalized spacial score (nSPS) is 27.8. The van der Waals surface area contributed by atoms with Gasteiger partial charge in [0.05, 0.1) is 0 Å². The van der Waals surface area contributed by atoms with Crippen molar-refractivity contribution in [3.05, 3.63) is 34.3 Å². The van der Waals surface area contributed by atoms with Gasteiger partial charge >= 0.3 is 0 Å². The van der Waals surface area contributed by atoms with Gasteiger partial charge < -0.3 is 4.90 Å². The highest BCUT2D eigenvalue weighted by molar-refractivity contribution is 9.10. The molecule has 1 unspecified atom stereocenters. The molecule has 4 heteroatoms. The predicted molar refractivity (Wildman–Crippen MR) is 93.0 cm³/mol. The van der Waals surface area contributed by atoms with Gasteiger partial charge in [-0.3, -0.25) is 11.3 Å². The van der Waals surface area contributed by atoms with Crippen LogP contribution in [0.5, 0.6) is 0 Å². The van der Waals surface area contributed by atoms with Crippen LogP contribution in [0.2, 0.25) is 0 Å². The fourth-order valence-electron chi connectivity index (χ4n) is 3.67. The first-order valence-corrected chi connectivity index (χ1v) is 8.65. The monoisotopic (exact) mass is 353 g/mol. The number of rotatable bonds is 5. The number of halogens is 1. The molecule has 0 spiro atoms. The maximum atomic E-state index is 5.96. The van der Waals surface area contributed by atoms with Crippen molar-refractivity contribution in [2.75, 3.05) is 14.1 Å². The molecule has 0 aromatic heterocycles. The van der Waals surface area contributed by atoms with E-state index in [1.807, 2.05) is 0 Å². The topological polar surface area (TPSA) is 41.3 Å². The molecule has 1 aromatic rings. The number of nitrogens with two attached hydrogens (primary N) is 1. The Bertz CT molecular complexity index is 453. The molecule has 1 aliphatic rings. The molecular formula is C17H28BrN3. The Kier molecular flexibility index (Phi) is 5.83. The van der Waals surface area contributed by atoms with Gasteiger partial charge in [0.15, 0.2) is 0 Å². The molecule has 2 rings (SSSR count). The minimum atomic E-state index is 0.156. The van der Waals surface area contributed by atoms with Crippen LogP contribution in [0.25, 0.3) is 0 Å². The lowest BCUT2D eigenvalue weighted by atomic mass is 9.71. The van der Waals surface area contributed by atoms with Gasteiger partial charge in [-0.1, -0.05) is 35.0 Å². The Balaban J connectivity index is 2.20. The van der Waals surface area contributed by atoms with Gasteiger partial charge in [-0.2, -0.15) is 0 Å². The minimum absolute atomic E-state index is 0.156. The van der Waals surface area contributed by atoms with Crippen molar-refractivity contribution in [2.45, 2.75) is 50.6 Å². The molecule has 0 aliphatic heterocycles. The summed E-state index contributed by atoms with van der Waals surface area (Å²) >= 11 is 3.56. The Morgan fingerprint density at radius 3 is 2.57 bits per heavy atom. The van der Waals surface area contributed by atoms with Crippen molar-refractivity contribution in [3.63, 3.8) is 0 Å². The van der Waals surface area contributed by atoms with Crippen LogP contribution >= 0.6 is 15.9 Å². The molecule has 1 aliphatic carbocycles. The summed E-state index contributed by atoms with van der Waals surface area (Å²) in [5.74, 6) is 6.79. The molecule has 0 bridgehead atoms. The number of hydrazine groups is 1. The first-order valence-electron chi connectivity index (χ1n) is 7.86. The third kappa shape index (κ3) is 3.86. The highest BCUT2D eigenvalue weighted by Crippen LogP contribution is 2.38. The first-order chi connectivity index (χ1) is 9.98. The lowest BCUT2D eigenvalue weighted by Gasteiger charge is -2.49. The van der Waals surface area contributed by atoms with Gasteiger partial charge in [0, 0.05) is 16.1 Å². The largest absolute Gasteiger partial charge is 0.302 e. The summed E-state index contributed by atoms with van der Waals surface area (Å²) in [6, 6.07) is 8.81. The number of hydrogen-bond acceptors (Lipinski definition) is 3. The Morgan fingerprint density at radius 2 is 2.05 bits per heavy atom. The summed E-state index contributed by atoms with van der Waals surface area (Å²) in [6.45, 7) is 2.36. The van der Waals surface area contributed by atoms with Crippen LogP contribution < -0.4 is 11.3 Å². The number of likely N-dealkylation sites (N-methyl/N-ethyl adjacent to an activating group) is 1. The van der Waals surface area contributed by atoms with Crippen molar-refractivity contribution in [1.82, 2.24) is 10.3 Å². The van der Waals surface area contributed by atoms with E-state index < -0.39 is 0 Å². The van der Waals surface area contributed by atoms with Gasteiger partial charge in [-0.05, 0) is 69.8 Å². The van der Waals surface area contributed by atoms with E-state index in [9.17, 15) is 0 Å². The molecule has 1 saturated carbocycles. The summed E-state index contributed by atoms with van der Waals surface area (Å²) in [4.78, 5) is 2.39. The van der Waals surface area contributed by atoms with Gasteiger partial charge in [0.1, 0.15) is 0 Å². The van der Waals surface area contributed by atoms with Crippen LogP contribution in [0.3, 0.4) is 0 Å². The maximum absolute atomic E-state index is 5.96. The Hall–Kier alpha value is -0.420. The molecule has 3 nitrogen and oxygen atoms in total. The summed E-state index contributed by atoms with van der Waals surface area (Å²) in [5, 5.41) is 0. The highest BCUT2D eigenvalue weighted by Gasteiger charge is 2.42. The summed E-state index contributed by atoms with van der Waals surface area (Å²) in [5.41, 5.74) is 4.60. The number of nitrogens with one attached hydrogen (secondary N) is 1. The third-order valence-corrected chi connectivity index (χ3v) is 5.70. The predicted octanol–water partition coefficient (Wildman–Crippen LogP) is 3.33. The van der Waals surface area contributed by atoms with Gasteiger partial charge in [0.25, 0.3) is 0 Å². The van der Waals surface area contributed by atoms with Crippen molar-refractivity contribution < 1.29 is 0 Å². The highest BCUT2D eigenvalue weighted by atomic mass is 79.9. The van der Waals surface area contributed by atoms with Crippen LogP contribution in [-0.2, 0) is 6.42 Å². The maximum Gasteiger partial charge on any atom is 0.0434 e. The molecule has 3 N–H and O–H groups in total. The van der Waals surface area contributed by atoms with Gasteiger partial charge in [0.2, 0.25) is 0 Å². The van der Waals surface area contributed by atoms with E-state index in [0.29, 0.717) is 0 Å². The van der Waals surface area contributed by atoms with E-state index in [-0.39, 0.29) is 11.6 Å². The minimum Gasteiger partial charge on any atom is -0.302 e. The van der Waals surface area contributed by atoms with Crippen molar-refractivity contribution in [2.24, 2.45) is 11.8 Å². The fraction of sp³-hybridized carbons (Fsp3) is 0.647. The van der Waals surface area contributed by atoms with Crippen LogP contribution in [0.1, 0.15) is 38.2 Å². The van der Waals surface area contributed by atoms with E-state index in [1.54, 1.807) is 0 Å².